The summed E-state index contributed by atoms with van der Waals surface area (Å²) in [5, 5.41) is 1.91. The van der Waals surface area contributed by atoms with Crippen molar-refractivity contribution in [2.45, 2.75) is 13.8 Å². The van der Waals surface area contributed by atoms with Crippen LogP contribution in [0.3, 0.4) is 0 Å². The van der Waals surface area contributed by atoms with Crippen LogP contribution in [-0.4, -0.2) is 56.2 Å². The van der Waals surface area contributed by atoms with Gasteiger partial charge in [0.05, 0.1) is 23.9 Å². The number of ether oxygens (including phenoxy) is 2. The number of nitrogens with zero attached hydrogens (tertiary/aromatic N) is 3. The van der Waals surface area contributed by atoms with Gasteiger partial charge in [-0.1, -0.05) is 48.9 Å². The predicted molar refractivity (Wildman–Crippen MR) is 141 cm³/mol. The van der Waals surface area contributed by atoms with Gasteiger partial charge in [0.15, 0.2) is 22.2 Å². The molecule has 0 fully saturated rings. The second-order valence-corrected chi connectivity index (χ2v) is 8.78. The van der Waals surface area contributed by atoms with Gasteiger partial charge >= 0.3 is 0 Å². The van der Waals surface area contributed by atoms with Crippen molar-refractivity contribution in [3.8, 4) is 11.5 Å². The number of likely N-dealkylation sites (N-methyl/N-ethyl adjacent to an activating group) is 1. The quantitative estimate of drug-likeness (QED) is 0.263. The molecule has 0 saturated heterocycles. The summed E-state index contributed by atoms with van der Waals surface area (Å²) in [6, 6.07) is 10.9. The van der Waals surface area contributed by atoms with Gasteiger partial charge in [-0.05, 0) is 37.4 Å². The molecule has 0 N–H and O–H groups in total. The van der Waals surface area contributed by atoms with E-state index < -0.39 is 0 Å². The Morgan fingerprint density at radius 2 is 1.82 bits per heavy atom. The number of furan rings is 1. The second kappa shape index (κ2) is 11.3. The van der Waals surface area contributed by atoms with E-state index in [1.54, 1.807) is 43.4 Å². The first-order chi connectivity index (χ1) is 16.0. The number of aromatic nitrogens is 1. The Balaban J connectivity index is 0.00000324. The summed E-state index contributed by atoms with van der Waals surface area (Å²) >= 11 is 7.79. The summed E-state index contributed by atoms with van der Waals surface area (Å²) in [7, 11) is 3.17. The summed E-state index contributed by atoms with van der Waals surface area (Å²) in [5.41, 5.74) is 1.18. The minimum atomic E-state index is -0.269. The third kappa shape index (κ3) is 4.95. The van der Waals surface area contributed by atoms with E-state index >= 15 is 0 Å². The van der Waals surface area contributed by atoms with Gasteiger partial charge in [0.1, 0.15) is 11.3 Å². The highest BCUT2D eigenvalue weighted by Crippen LogP contribution is 2.39. The van der Waals surface area contributed by atoms with E-state index in [1.807, 2.05) is 12.1 Å². The highest BCUT2D eigenvalue weighted by Gasteiger charge is 2.26. The first-order valence-corrected chi connectivity index (χ1v) is 11.9. The van der Waals surface area contributed by atoms with Crippen LogP contribution < -0.4 is 14.4 Å². The molecule has 2 heterocycles. The van der Waals surface area contributed by atoms with Gasteiger partial charge in [0.25, 0.3) is 5.91 Å². The minimum absolute atomic E-state index is 0. The van der Waals surface area contributed by atoms with Crippen molar-refractivity contribution in [2.24, 2.45) is 0 Å². The van der Waals surface area contributed by atoms with Crippen molar-refractivity contribution >= 4 is 67.6 Å². The number of para-hydroxylation sites is 1. The van der Waals surface area contributed by atoms with Crippen molar-refractivity contribution in [2.75, 3.05) is 45.3 Å². The number of benzene rings is 2. The fourth-order valence-electron chi connectivity index (χ4n) is 3.72. The van der Waals surface area contributed by atoms with Gasteiger partial charge in [-0.15, -0.1) is 12.4 Å². The van der Waals surface area contributed by atoms with Crippen molar-refractivity contribution in [3.63, 3.8) is 0 Å². The fourth-order valence-corrected chi connectivity index (χ4v) is 5.00. The first kappa shape index (κ1) is 26.1. The van der Waals surface area contributed by atoms with Crippen LogP contribution >= 0.6 is 35.3 Å². The Morgan fingerprint density at radius 1 is 1.09 bits per heavy atom. The highest BCUT2D eigenvalue weighted by molar-refractivity contribution is 7.23. The van der Waals surface area contributed by atoms with Gasteiger partial charge < -0.3 is 18.8 Å². The second-order valence-electron chi connectivity index (χ2n) is 7.40. The van der Waals surface area contributed by atoms with Crippen LogP contribution in [0.15, 0.2) is 40.8 Å². The van der Waals surface area contributed by atoms with Gasteiger partial charge in [0.2, 0.25) is 0 Å². The molecule has 10 heteroatoms. The normalized spacial score (nSPS) is 11.1. The summed E-state index contributed by atoms with van der Waals surface area (Å²) in [6.07, 6.45) is 0. The third-order valence-corrected chi connectivity index (χ3v) is 7.15. The molecular formula is C24H27Cl2N3O4S. The average Bonchev–Trinajstić information content (AvgIpc) is 3.47. The summed E-state index contributed by atoms with van der Waals surface area (Å²) in [5.74, 6) is 1.15. The van der Waals surface area contributed by atoms with E-state index in [0.29, 0.717) is 45.8 Å². The van der Waals surface area contributed by atoms with Crippen LogP contribution in [0.2, 0.25) is 5.02 Å². The van der Waals surface area contributed by atoms with E-state index in [4.69, 9.17) is 30.5 Å². The lowest BCUT2D eigenvalue weighted by atomic mass is 10.2. The zero-order valence-electron chi connectivity index (χ0n) is 19.5. The monoisotopic (exact) mass is 523 g/mol. The molecule has 182 valence electrons. The van der Waals surface area contributed by atoms with E-state index in [2.05, 4.69) is 18.7 Å². The molecule has 0 aliphatic rings. The maximum atomic E-state index is 13.7. The molecule has 0 aliphatic carbocycles. The number of thiazole rings is 1. The molecule has 2 aromatic heterocycles. The Hall–Kier alpha value is -2.52. The van der Waals surface area contributed by atoms with Gasteiger partial charge in [-0.25, -0.2) is 4.98 Å². The number of carbonyl (C=O) groups is 1. The molecule has 4 rings (SSSR count). The molecule has 4 aromatic rings. The molecular weight excluding hydrogens is 497 g/mol. The van der Waals surface area contributed by atoms with Crippen molar-refractivity contribution in [1.29, 1.82) is 0 Å². The van der Waals surface area contributed by atoms with E-state index in [9.17, 15) is 4.79 Å². The average molecular weight is 524 g/mol. The number of hydrogen-bond acceptors (Lipinski definition) is 7. The van der Waals surface area contributed by atoms with E-state index in [1.165, 1.54) is 11.3 Å². The third-order valence-electron chi connectivity index (χ3n) is 5.62. The Morgan fingerprint density at radius 3 is 2.50 bits per heavy atom. The number of fused-ring (bicyclic) bond motifs is 2. The van der Waals surface area contributed by atoms with Gasteiger partial charge in [-0.3, -0.25) is 9.69 Å². The number of carbonyl (C=O) groups excluding carboxylic acids is 1. The number of rotatable bonds is 9. The predicted octanol–water partition coefficient (Wildman–Crippen LogP) is 6.12. The Labute approximate surface area is 213 Å². The topological polar surface area (TPSA) is 68.0 Å². The van der Waals surface area contributed by atoms with Crippen LogP contribution in [0.4, 0.5) is 5.13 Å². The Kier molecular flexibility index (Phi) is 8.65. The molecule has 34 heavy (non-hydrogen) atoms. The lowest BCUT2D eigenvalue weighted by Gasteiger charge is -2.24. The van der Waals surface area contributed by atoms with Gasteiger partial charge in [-0.2, -0.15) is 0 Å². The molecule has 7 nitrogen and oxygen atoms in total. The van der Waals surface area contributed by atoms with Crippen molar-refractivity contribution in [3.05, 3.63) is 47.2 Å². The molecule has 0 atom stereocenters. The molecule has 2 aromatic carbocycles. The van der Waals surface area contributed by atoms with Crippen LogP contribution in [0.1, 0.15) is 24.4 Å². The smallest absolute Gasteiger partial charge is 0.295 e. The molecule has 0 bridgehead atoms. The van der Waals surface area contributed by atoms with Crippen LogP contribution in [0, 0.1) is 0 Å². The number of amides is 1. The Bertz CT molecular complexity index is 1290. The SMILES string of the molecule is CCN(CC)CCN(C(=O)c1cc2cccc(OC)c2o1)c1nc2c(OC)ccc(Cl)c2s1.Cl. The zero-order valence-corrected chi connectivity index (χ0v) is 21.9. The summed E-state index contributed by atoms with van der Waals surface area (Å²) < 4.78 is 17.6. The zero-order chi connectivity index (χ0) is 23.5. The molecule has 0 unspecified atom stereocenters. The molecule has 0 radical (unpaired) electrons. The maximum absolute atomic E-state index is 13.7. The maximum Gasteiger partial charge on any atom is 0.295 e. The first-order valence-electron chi connectivity index (χ1n) is 10.7. The van der Waals surface area contributed by atoms with Crippen LogP contribution in [0.5, 0.6) is 11.5 Å². The highest BCUT2D eigenvalue weighted by atomic mass is 35.5. The van der Waals surface area contributed by atoms with E-state index in [-0.39, 0.29) is 24.1 Å². The number of halogens is 2. The van der Waals surface area contributed by atoms with Crippen molar-refractivity contribution in [1.82, 2.24) is 9.88 Å². The lowest BCUT2D eigenvalue weighted by molar-refractivity contribution is 0.0959. The molecule has 0 aliphatic heterocycles. The van der Waals surface area contributed by atoms with E-state index in [0.717, 1.165) is 23.2 Å². The van der Waals surface area contributed by atoms with Crippen LogP contribution in [-0.2, 0) is 0 Å². The van der Waals surface area contributed by atoms with Gasteiger partial charge in [0, 0.05) is 18.5 Å². The number of anilines is 1. The lowest BCUT2D eigenvalue weighted by Crippen LogP contribution is -2.38. The molecule has 0 saturated carbocycles. The van der Waals surface area contributed by atoms with Crippen LogP contribution in [0.25, 0.3) is 21.2 Å². The summed E-state index contributed by atoms with van der Waals surface area (Å²) in [6.45, 7) is 7.13. The molecule has 1 amide bonds. The summed E-state index contributed by atoms with van der Waals surface area (Å²) in [4.78, 5) is 22.3. The number of hydrogen-bond donors (Lipinski definition) is 0. The number of methoxy groups -OCH3 is 2. The fraction of sp³-hybridized carbons (Fsp3) is 0.333. The largest absolute Gasteiger partial charge is 0.494 e. The molecule has 0 spiro atoms. The standard InChI is InChI=1S/C24H26ClN3O4S.ClH/c1-5-27(6-2)12-13-28(24-26-20-17(30-3)11-10-16(25)22(20)33-24)23(29)19-14-15-8-7-9-18(31-4)21(15)32-19;/h7-11,14H,5-6,12-13H2,1-4H3;1H. The minimum Gasteiger partial charge on any atom is -0.494 e. The van der Waals surface area contributed by atoms with Crippen molar-refractivity contribution < 1.29 is 18.7 Å².